The number of Topliss-reactive ketones (excluding diaryl/α,β-unsaturated/α-hetero) is 1. The number of anilines is 1. The van der Waals surface area contributed by atoms with E-state index in [1.54, 1.807) is 18.5 Å². The Hall–Kier alpha value is -3.52. The predicted octanol–water partition coefficient (Wildman–Crippen LogP) is 2.02. The summed E-state index contributed by atoms with van der Waals surface area (Å²) in [6, 6.07) is 7.69. The first-order valence-corrected chi connectivity index (χ1v) is 10.9. The lowest BCUT2D eigenvalue weighted by Crippen LogP contribution is -2.44. The van der Waals surface area contributed by atoms with Crippen LogP contribution in [0.2, 0.25) is 0 Å². The van der Waals surface area contributed by atoms with Crippen molar-refractivity contribution in [2.24, 2.45) is 5.10 Å². The third-order valence-corrected chi connectivity index (χ3v) is 6.02. The van der Waals surface area contributed by atoms with Crippen LogP contribution in [0.15, 0.2) is 48.0 Å². The van der Waals surface area contributed by atoms with Gasteiger partial charge in [-0.3, -0.25) is 14.8 Å². The molecule has 0 saturated carbocycles. The average Bonchev–Trinajstić information content (AvgIpc) is 3.25. The van der Waals surface area contributed by atoms with E-state index in [1.807, 2.05) is 42.3 Å². The Kier molecular flexibility index (Phi) is 5.45. The van der Waals surface area contributed by atoms with Gasteiger partial charge in [-0.05, 0) is 41.8 Å². The van der Waals surface area contributed by atoms with Crippen LogP contribution in [0.25, 0.3) is 10.8 Å². The van der Waals surface area contributed by atoms with E-state index in [4.69, 9.17) is 0 Å². The highest BCUT2D eigenvalue weighted by Crippen LogP contribution is 2.19. The number of likely N-dealkylation sites (N-methyl/N-ethyl adjacent to an activating group) is 1. The Balaban J connectivity index is 1.34. The van der Waals surface area contributed by atoms with Gasteiger partial charge in [0, 0.05) is 61.4 Å². The predicted molar refractivity (Wildman–Crippen MR) is 125 cm³/mol. The topological polar surface area (TPSA) is 77.6 Å². The number of piperazine rings is 1. The molecule has 8 heteroatoms. The first-order chi connectivity index (χ1) is 15.5. The van der Waals surface area contributed by atoms with E-state index >= 15 is 0 Å². The number of pyridine rings is 3. The summed E-state index contributed by atoms with van der Waals surface area (Å²) < 4.78 is 1.81. The zero-order valence-electron chi connectivity index (χ0n) is 18.4. The van der Waals surface area contributed by atoms with Crippen LogP contribution in [-0.2, 0) is 6.42 Å². The van der Waals surface area contributed by atoms with Gasteiger partial charge < -0.3 is 9.80 Å². The van der Waals surface area contributed by atoms with Crippen molar-refractivity contribution in [3.63, 3.8) is 0 Å². The van der Waals surface area contributed by atoms with Crippen LogP contribution in [0.3, 0.4) is 0 Å². The molecule has 0 radical (unpaired) electrons. The molecular formula is C24H26N7O+. The molecule has 0 N–H and O–H groups in total. The smallest absolute Gasteiger partial charge is 0.178 e. The molecular weight excluding hydrogens is 402 g/mol. The molecule has 0 atom stereocenters. The fourth-order valence-corrected chi connectivity index (χ4v) is 4.05. The third kappa shape index (κ3) is 4.27. The number of carbonyl (C=O) groups excluding carboxylic acids is 1. The van der Waals surface area contributed by atoms with E-state index in [0.29, 0.717) is 5.56 Å². The van der Waals surface area contributed by atoms with Crippen molar-refractivity contribution in [3.8, 4) is 0 Å². The molecule has 2 aliphatic heterocycles. The van der Waals surface area contributed by atoms with Crippen molar-refractivity contribution < 1.29 is 9.48 Å². The maximum absolute atomic E-state index is 13.0. The van der Waals surface area contributed by atoms with Crippen LogP contribution >= 0.6 is 0 Å². The van der Waals surface area contributed by atoms with Crippen LogP contribution in [0.5, 0.6) is 0 Å². The average molecular weight is 429 g/mol. The van der Waals surface area contributed by atoms with E-state index in [1.165, 1.54) is 0 Å². The van der Waals surface area contributed by atoms with E-state index in [2.05, 4.69) is 36.9 Å². The summed E-state index contributed by atoms with van der Waals surface area (Å²) in [5.74, 6) is 0.908. The number of hydrazone groups is 1. The molecule has 162 valence electrons. The van der Waals surface area contributed by atoms with Gasteiger partial charge in [0.1, 0.15) is 11.5 Å². The Morgan fingerprint density at radius 2 is 1.84 bits per heavy atom. The third-order valence-electron chi connectivity index (χ3n) is 6.02. The first kappa shape index (κ1) is 20.4. The van der Waals surface area contributed by atoms with Gasteiger partial charge >= 0.3 is 0 Å². The molecule has 1 fully saturated rings. The van der Waals surface area contributed by atoms with Gasteiger partial charge in [-0.1, -0.05) is 4.68 Å². The molecule has 2 aliphatic rings. The first-order valence-electron chi connectivity index (χ1n) is 10.9. The summed E-state index contributed by atoms with van der Waals surface area (Å²) in [6.45, 7) is 3.84. The van der Waals surface area contributed by atoms with Crippen molar-refractivity contribution in [2.45, 2.75) is 12.8 Å². The van der Waals surface area contributed by atoms with Crippen LogP contribution in [0.4, 0.5) is 5.82 Å². The van der Waals surface area contributed by atoms with Crippen molar-refractivity contribution in [3.05, 3.63) is 59.8 Å². The zero-order valence-corrected chi connectivity index (χ0v) is 18.4. The van der Waals surface area contributed by atoms with E-state index in [0.717, 1.165) is 66.3 Å². The number of hydrogen-bond donors (Lipinski definition) is 0. The second-order valence-electron chi connectivity index (χ2n) is 8.39. The molecule has 0 spiro atoms. The molecule has 3 aromatic rings. The van der Waals surface area contributed by atoms with Gasteiger partial charge in [0.05, 0.1) is 18.5 Å². The molecule has 0 bridgehead atoms. The van der Waals surface area contributed by atoms with Crippen LogP contribution < -0.4 is 4.90 Å². The second-order valence-corrected chi connectivity index (χ2v) is 8.39. The SMILES string of the molecule is CN1CCN(c2cc(C(=O)Cc3cc4cc(C5=N[N+](C)=CC5)ncc4cn3)ccn2)CC1. The molecule has 8 nitrogen and oxygen atoms in total. The molecule has 3 aromatic heterocycles. The summed E-state index contributed by atoms with van der Waals surface area (Å²) in [6.07, 6.45) is 8.35. The molecule has 0 amide bonds. The molecule has 0 unspecified atom stereocenters. The monoisotopic (exact) mass is 428 g/mol. The molecule has 0 aromatic carbocycles. The molecule has 5 heterocycles. The number of rotatable bonds is 5. The molecule has 32 heavy (non-hydrogen) atoms. The number of hydrogen-bond acceptors (Lipinski definition) is 7. The lowest BCUT2D eigenvalue weighted by molar-refractivity contribution is -0.494. The number of ketones is 1. The minimum atomic E-state index is 0.0419. The van der Waals surface area contributed by atoms with Gasteiger partial charge in [-0.15, -0.1) is 0 Å². The number of aromatic nitrogens is 3. The second kappa shape index (κ2) is 8.55. The summed E-state index contributed by atoms with van der Waals surface area (Å²) in [5, 5.41) is 6.43. The summed E-state index contributed by atoms with van der Waals surface area (Å²) in [7, 11) is 4.04. The highest BCUT2D eigenvalue weighted by molar-refractivity contribution is 6.08. The maximum Gasteiger partial charge on any atom is 0.178 e. The summed E-state index contributed by atoms with van der Waals surface area (Å²) >= 11 is 0. The maximum atomic E-state index is 13.0. The van der Waals surface area contributed by atoms with Crippen molar-refractivity contribution >= 4 is 34.3 Å². The van der Waals surface area contributed by atoms with E-state index in [-0.39, 0.29) is 12.2 Å². The number of fused-ring (bicyclic) bond motifs is 1. The summed E-state index contributed by atoms with van der Waals surface area (Å²) in [4.78, 5) is 31.1. The fraction of sp³-hybridized carbons (Fsp3) is 0.333. The quantitative estimate of drug-likeness (QED) is 0.457. The molecule has 0 aliphatic carbocycles. The zero-order chi connectivity index (χ0) is 22.1. The van der Waals surface area contributed by atoms with Gasteiger partial charge in [0.2, 0.25) is 0 Å². The highest BCUT2D eigenvalue weighted by Gasteiger charge is 2.18. The minimum Gasteiger partial charge on any atom is -0.354 e. The van der Waals surface area contributed by atoms with Crippen LogP contribution in [-0.4, -0.2) is 82.5 Å². The standard InChI is InChI=1S/C24H26N7O/c1-29-7-9-31(10-8-29)24-13-17(3-5-25-24)23(32)14-20-11-18-12-22(21-4-6-30(2)28-21)27-16-19(18)15-26-20/h3,5-6,11-13,15-16H,4,7-10,14H2,1-2H3/q+1. The normalized spacial score (nSPS) is 16.9. The van der Waals surface area contributed by atoms with Gasteiger partial charge in [0.25, 0.3) is 0 Å². The number of nitrogens with zero attached hydrogens (tertiary/aromatic N) is 7. The fourth-order valence-electron chi connectivity index (χ4n) is 4.05. The van der Waals surface area contributed by atoms with Gasteiger partial charge in [-0.25, -0.2) is 4.98 Å². The largest absolute Gasteiger partial charge is 0.354 e. The Morgan fingerprint density at radius 3 is 2.62 bits per heavy atom. The van der Waals surface area contributed by atoms with Crippen LogP contribution in [0, 0.1) is 0 Å². The highest BCUT2D eigenvalue weighted by atomic mass is 16.1. The van der Waals surface area contributed by atoms with Crippen LogP contribution in [0.1, 0.15) is 28.2 Å². The Bertz CT molecular complexity index is 1240. The summed E-state index contributed by atoms with van der Waals surface area (Å²) in [5.41, 5.74) is 3.21. The minimum absolute atomic E-state index is 0.0419. The van der Waals surface area contributed by atoms with Gasteiger partial charge in [-0.2, -0.15) is 0 Å². The molecule has 5 rings (SSSR count). The lowest BCUT2D eigenvalue weighted by atomic mass is 10.0. The van der Waals surface area contributed by atoms with Crippen molar-refractivity contribution in [2.75, 3.05) is 45.2 Å². The molecule has 1 saturated heterocycles. The Morgan fingerprint density at radius 1 is 1.03 bits per heavy atom. The Labute approximate surface area is 186 Å². The van der Waals surface area contributed by atoms with Crippen molar-refractivity contribution in [1.29, 1.82) is 0 Å². The lowest BCUT2D eigenvalue weighted by Gasteiger charge is -2.33. The number of carbonyl (C=O) groups is 1. The van der Waals surface area contributed by atoms with Crippen molar-refractivity contribution in [1.82, 2.24) is 19.9 Å². The van der Waals surface area contributed by atoms with Gasteiger partial charge in [0.15, 0.2) is 19.0 Å². The van der Waals surface area contributed by atoms with E-state index < -0.39 is 0 Å². The van der Waals surface area contributed by atoms with E-state index in [9.17, 15) is 4.79 Å².